The maximum absolute atomic E-state index is 5.99. The molecule has 1 heterocycles. The standard InChI is InChI=1S/C19H28N4O2.HI/c1-3-9-21-19(20-4-2)22-16-17-7-5-6-8-18(17)25-15-12-23-10-13-24-14-11-23;/h1,5-8H,4,9-16H2,2H3,(H2,20,21,22);1H. The first-order chi connectivity index (χ1) is 12.3. The summed E-state index contributed by atoms with van der Waals surface area (Å²) >= 11 is 0. The molecule has 1 aromatic rings. The SMILES string of the molecule is C#CCNC(=NCc1ccccc1OCCN1CCOCC1)NCC.I. The number of aliphatic imine (C=N–C) groups is 1. The van der Waals surface area contributed by atoms with Crippen LogP contribution in [0.1, 0.15) is 12.5 Å². The number of hydrogen-bond donors (Lipinski definition) is 2. The molecular formula is C19H29IN4O2. The van der Waals surface area contributed by atoms with Gasteiger partial charge in [-0.05, 0) is 13.0 Å². The van der Waals surface area contributed by atoms with Crippen LogP contribution in [-0.4, -0.2) is 63.4 Å². The minimum atomic E-state index is 0. The third kappa shape index (κ3) is 8.25. The number of guanidine groups is 1. The largest absolute Gasteiger partial charge is 0.492 e. The molecule has 1 fully saturated rings. The molecule has 1 aromatic carbocycles. The summed E-state index contributed by atoms with van der Waals surface area (Å²) in [5.74, 6) is 4.15. The van der Waals surface area contributed by atoms with Gasteiger partial charge < -0.3 is 20.1 Å². The van der Waals surface area contributed by atoms with E-state index in [2.05, 4.69) is 26.4 Å². The van der Waals surface area contributed by atoms with Gasteiger partial charge in [0.05, 0.1) is 26.3 Å². The molecule has 0 bridgehead atoms. The third-order valence-corrected chi connectivity index (χ3v) is 3.85. The smallest absolute Gasteiger partial charge is 0.192 e. The number of benzene rings is 1. The van der Waals surface area contributed by atoms with Crippen LogP contribution < -0.4 is 15.4 Å². The molecule has 0 aromatic heterocycles. The average Bonchev–Trinajstić information content (AvgIpc) is 2.66. The number of ether oxygens (including phenoxy) is 2. The lowest BCUT2D eigenvalue weighted by Crippen LogP contribution is -2.38. The number of morpholine rings is 1. The van der Waals surface area contributed by atoms with Gasteiger partial charge in [0.15, 0.2) is 5.96 Å². The molecular weight excluding hydrogens is 443 g/mol. The Morgan fingerprint density at radius 2 is 2.08 bits per heavy atom. The van der Waals surface area contributed by atoms with Crippen LogP contribution in [0, 0.1) is 12.3 Å². The topological polar surface area (TPSA) is 58.1 Å². The summed E-state index contributed by atoms with van der Waals surface area (Å²) < 4.78 is 11.4. The number of nitrogens with one attached hydrogen (secondary N) is 2. The lowest BCUT2D eigenvalue weighted by Gasteiger charge is -2.26. The molecule has 0 aliphatic carbocycles. The zero-order valence-corrected chi connectivity index (χ0v) is 17.7. The second-order valence-corrected chi connectivity index (χ2v) is 5.66. The van der Waals surface area contributed by atoms with E-state index < -0.39 is 0 Å². The fourth-order valence-corrected chi connectivity index (χ4v) is 2.53. The third-order valence-electron chi connectivity index (χ3n) is 3.85. The van der Waals surface area contributed by atoms with Crippen LogP contribution in [-0.2, 0) is 11.3 Å². The van der Waals surface area contributed by atoms with Gasteiger partial charge in [0.1, 0.15) is 12.4 Å². The van der Waals surface area contributed by atoms with Crippen molar-refractivity contribution >= 4 is 29.9 Å². The minimum absolute atomic E-state index is 0. The molecule has 144 valence electrons. The van der Waals surface area contributed by atoms with Gasteiger partial charge in [-0.2, -0.15) is 0 Å². The van der Waals surface area contributed by atoms with E-state index in [1.807, 2.05) is 31.2 Å². The van der Waals surface area contributed by atoms with Gasteiger partial charge in [-0.1, -0.05) is 24.1 Å². The van der Waals surface area contributed by atoms with Gasteiger partial charge in [0.25, 0.3) is 0 Å². The summed E-state index contributed by atoms with van der Waals surface area (Å²) in [6.07, 6.45) is 5.29. The molecule has 1 aliphatic heterocycles. The number of rotatable bonds is 8. The fraction of sp³-hybridized carbons (Fsp3) is 0.526. The second-order valence-electron chi connectivity index (χ2n) is 5.66. The Morgan fingerprint density at radius 3 is 2.81 bits per heavy atom. The van der Waals surface area contributed by atoms with Crippen LogP contribution in [0.5, 0.6) is 5.75 Å². The van der Waals surface area contributed by atoms with Crippen molar-refractivity contribution < 1.29 is 9.47 Å². The van der Waals surface area contributed by atoms with Crippen LogP contribution in [0.3, 0.4) is 0 Å². The second kappa shape index (κ2) is 13.7. The summed E-state index contributed by atoms with van der Waals surface area (Å²) in [4.78, 5) is 6.93. The van der Waals surface area contributed by atoms with Crippen molar-refractivity contribution in [3.8, 4) is 18.1 Å². The summed E-state index contributed by atoms with van der Waals surface area (Å²) in [6.45, 7) is 8.93. The molecule has 26 heavy (non-hydrogen) atoms. The Morgan fingerprint density at radius 1 is 1.31 bits per heavy atom. The quantitative estimate of drug-likeness (QED) is 0.261. The van der Waals surface area contributed by atoms with Gasteiger partial charge in [-0.3, -0.25) is 4.90 Å². The molecule has 0 saturated carbocycles. The monoisotopic (exact) mass is 472 g/mol. The van der Waals surface area contributed by atoms with Crippen LogP contribution >= 0.6 is 24.0 Å². The highest BCUT2D eigenvalue weighted by atomic mass is 127. The predicted molar refractivity (Wildman–Crippen MR) is 116 cm³/mol. The highest BCUT2D eigenvalue weighted by Gasteiger charge is 2.10. The molecule has 0 spiro atoms. The highest BCUT2D eigenvalue weighted by molar-refractivity contribution is 14.0. The minimum Gasteiger partial charge on any atom is -0.492 e. The van der Waals surface area contributed by atoms with Gasteiger partial charge >= 0.3 is 0 Å². The Labute approximate surface area is 173 Å². The summed E-state index contributed by atoms with van der Waals surface area (Å²) in [7, 11) is 0. The number of hydrogen-bond acceptors (Lipinski definition) is 4. The Balaban J connectivity index is 0.00000338. The number of nitrogens with zero attached hydrogens (tertiary/aromatic N) is 2. The van der Waals surface area contributed by atoms with Crippen molar-refractivity contribution in [2.75, 3.05) is 52.5 Å². The van der Waals surface area contributed by atoms with Gasteiger partial charge in [0, 0.05) is 31.7 Å². The molecule has 1 saturated heterocycles. The van der Waals surface area contributed by atoms with Gasteiger partial charge in [-0.25, -0.2) is 4.99 Å². The lowest BCUT2D eigenvalue weighted by atomic mass is 10.2. The van der Waals surface area contributed by atoms with Crippen molar-refractivity contribution in [2.24, 2.45) is 4.99 Å². The molecule has 0 radical (unpaired) electrons. The molecule has 1 aliphatic rings. The van der Waals surface area contributed by atoms with Crippen LogP contribution in [0.4, 0.5) is 0 Å². The molecule has 0 atom stereocenters. The van der Waals surface area contributed by atoms with E-state index in [1.54, 1.807) is 0 Å². The first-order valence-electron chi connectivity index (χ1n) is 8.80. The number of halogens is 1. The van der Waals surface area contributed by atoms with E-state index in [1.165, 1.54) is 0 Å². The summed E-state index contributed by atoms with van der Waals surface area (Å²) in [5.41, 5.74) is 1.06. The lowest BCUT2D eigenvalue weighted by molar-refractivity contribution is 0.0322. The Bertz CT molecular complexity index is 583. The van der Waals surface area contributed by atoms with Crippen LogP contribution in [0.25, 0.3) is 0 Å². The Hall–Kier alpha value is -1.50. The van der Waals surface area contributed by atoms with Crippen molar-refractivity contribution in [3.63, 3.8) is 0 Å². The van der Waals surface area contributed by atoms with Crippen LogP contribution in [0.15, 0.2) is 29.3 Å². The molecule has 0 unspecified atom stereocenters. The average molecular weight is 472 g/mol. The predicted octanol–water partition coefficient (Wildman–Crippen LogP) is 1.70. The Kier molecular flexibility index (Phi) is 11.9. The summed E-state index contributed by atoms with van der Waals surface area (Å²) in [6, 6.07) is 8.02. The van der Waals surface area contributed by atoms with Crippen LogP contribution in [0.2, 0.25) is 0 Å². The maximum atomic E-state index is 5.99. The van der Waals surface area contributed by atoms with E-state index in [0.717, 1.165) is 50.7 Å². The number of terminal acetylenes is 1. The molecule has 2 rings (SSSR count). The van der Waals surface area contributed by atoms with Gasteiger partial charge in [0.2, 0.25) is 0 Å². The van der Waals surface area contributed by atoms with Crippen molar-refractivity contribution in [2.45, 2.75) is 13.5 Å². The molecule has 2 N–H and O–H groups in total. The van der Waals surface area contributed by atoms with Crippen molar-refractivity contribution in [1.82, 2.24) is 15.5 Å². The fourth-order valence-electron chi connectivity index (χ4n) is 2.53. The maximum Gasteiger partial charge on any atom is 0.192 e. The first kappa shape index (κ1) is 22.5. The molecule has 7 heteroatoms. The van der Waals surface area contributed by atoms with E-state index in [-0.39, 0.29) is 24.0 Å². The number of para-hydroxylation sites is 1. The zero-order valence-electron chi connectivity index (χ0n) is 15.4. The van der Waals surface area contributed by atoms with E-state index in [9.17, 15) is 0 Å². The van der Waals surface area contributed by atoms with E-state index in [0.29, 0.717) is 25.7 Å². The zero-order chi connectivity index (χ0) is 17.7. The van der Waals surface area contributed by atoms with Crippen molar-refractivity contribution in [1.29, 1.82) is 0 Å². The molecule has 0 amide bonds. The first-order valence-corrected chi connectivity index (χ1v) is 8.80. The highest BCUT2D eigenvalue weighted by Crippen LogP contribution is 2.18. The molecule has 6 nitrogen and oxygen atoms in total. The summed E-state index contributed by atoms with van der Waals surface area (Å²) in [5, 5.41) is 6.27. The normalized spacial score (nSPS) is 14.8. The van der Waals surface area contributed by atoms with E-state index >= 15 is 0 Å². The van der Waals surface area contributed by atoms with Gasteiger partial charge in [-0.15, -0.1) is 30.4 Å². The van der Waals surface area contributed by atoms with Crippen molar-refractivity contribution in [3.05, 3.63) is 29.8 Å². The van der Waals surface area contributed by atoms with E-state index in [4.69, 9.17) is 15.9 Å².